The maximum atomic E-state index is 12.4. The van der Waals surface area contributed by atoms with Gasteiger partial charge in [-0.2, -0.15) is 0 Å². The summed E-state index contributed by atoms with van der Waals surface area (Å²) in [5, 5.41) is 2.09. The van der Waals surface area contributed by atoms with Gasteiger partial charge in [-0.1, -0.05) is 37.6 Å². The van der Waals surface area contributed by atoms with Gasteiger partial charge in [0.2, 0.25) is 10.0 Å². The Morgan fingerprint density at radius 2 is 2.00 bits per heavy atom. The summed E-state index contributed by atoms with van der Waals surface area (Å²) in [5.41, 5.74) is 5.57. The lowest BCUT2D eigenvalue weighted by Crippen LogP contribution is -2.36. The van der Waals surface area contributed by atoms with Crippen LogP contribution in [0.25, 0.3) is 0 Å². The molecule has 0 saturated carbocycles. The van der Waals surface area contributed by atoms with Gasteiger partial charge in [0.05, 0.1) is 10.7 Å². The van der Waals surface area contributed by atoms with Crippen LogP contribution < -0.4 is 10.5 Å². The van der Waals surface area contributed by atoms with Crippen molar-refractivity contribution < 1.29 is 8.42 Å². The number of hydrogen-bond donors (Lipinski definition) is 2. The van der Waals surface area contributed by atoms with Crippen molar-refractivity contribution in [2.24, 2.45) is 0 Å². The van der Waals surface area contributed by atoms with E-state index in [0.717, 1.165) is 4.88 Å². The molecule has 0 saturated heterocycles. The Morgan fingerprint density at radius 3 is 2.57 bits per heavy atom. The Morgan fingerprint density at radius 1 is 1.29 bits per heavy atom. The predicted molar refractivity (Wildman–Crippen MR) is 88.4 cm³/mol. The molecule has 0 aliphatic heterocycles. The first kappa shape index (κ1) is 16.3. The monoisotopic (exact) mass is 344 g/mol. The maximum absolute atomic E-state index is 12.4. The van der Waals surface area contributed by atoms with Gasteiger partial charge in [-0.25, -0.2) is 13.1 Å². The van der Waals surface area contributed by atoms with Crippen molar-refractivity contribution >= 4 is 38.6 Å². The molecule has 4 nitrogen and oxygen atoms in total. The zero-order valence-electron chi connectivity index (χ0n) is 11.8. The quantitative estimate of drug-likeness (QED) is 0.818. The molecule has 0 aliphatic carbocycles. The average Bonchev–Trinajstić information content (AvgIpc) is 2.91. The number of benzene rings is 1. The van der Waals surface area contributed by atoms with Crippen LogP contribution >= 0.6 is 22.9 Å². The van der Waals surface area contributed by atoms with E-state index in [2.05, 4.69) is 4.72 Å². The van der Waals surface area contributed by atoms with Gasteiger partial charge in [-0.05, 0) is 23.6 Å². The van der Waals surface area contributed by atoms with Crippen LogP contribution in [0.3, 0.4) is 0 Å². The highest BCUT2D eigenvalue weighted by atomic mass is 35.5. The molecular weight excluding hydrogens is 328 g/mol. The third kappa shape index (κ3) is 3.58. The van der Waals surface area contributed by atoms with Gasteiger partial charge in [-0.3, -0.25) is 0 Å². The summed E-state index contributed by atoms with van der Waals surface area (Å²) in [6, 6.07) is 8.58. The van der Waals surface area contributed by atoms with Crippen LogP contribution in [0.5, 0.6) is 0 Å². The Kier molecular flexibility index (Phi) is 4.63. The predicted octanol–water partition coefficient (Wildman–Crippen LogP) is 3.24. The van der Waals surface area contributed by atoms with Crippen LogP contribution in [0.15, 0.2) is 40.6 Å². The van der Waals surface area contributed by atoms with Crippen molar-refractivity contribution in [2.45, 2.75) is 24.2 Å². The van der Waals surface area contributed by atoms with E-state index in [1.165, 1.54) is 12.1 Å². The van der Waals surface area contributed by atoms with Crippen LogP contribution in [-0.4, -0.2) is 15.0 Å². The van der Waals surface area contributed by atoms with Gasteiger partial charge in [0.25, 0.3) is 0 Å². The SMILES string of the molecule is CC(C)(CNS(=O)(=O)c1c(N)cccc1Cl)c1cccs1. The number of hydrogen-bond acceptors (Lipinski definition) is 4. The number of nitrogens with two attached hydrogens (primary N) is 1. The number of sulfonamides is 1. The van der Waals surface area contributed by atoms with Gasteiger partial charge in [0.15, 0.2) is 0 Å². The standard InChI is InChI=1S/C14H17ClN2O2S2/c1-14(2,12-7-4-8-20-12)9-17-21(18,19)13-10(15)5-3-6-11(13)16/h3-8,17H,9,16H2,1-2H3. The first-order chi connectivity index (χ1) is 9.74. The Hall–Kier alpha value is -1.08. The van der Waals surface area contributed by atoms with Crippen LogP contribution in [0.4, 0.5) is 5.69 Å². The highest BCUT2D eigenvalue weighted by Crippen LogP contribution is 2.29. The molecule has 1 aromatic carbocycles. The molecule has 1 aromatic heterocycles. The first-order valence-electron chi connectivity index (χ1n) is 6.32. The number of thiophene rings is 1. The van der Waals surface area contributed by atoms with Gasteiger partial charge < -0.3 is 5.73 Å². The van der Waals surface area contributed by atoms with Crippen molar-refractivity contribution in [3.05, 3.63) is 45.6 Å². The van der Waals surface area contributed by atoms with Gasteiger partial charge in [0, 0.05) is 16.8 Å². The topological polar surface area (TPSA) is 72.2 Å². The minimum atomic E-state index is -3.75. The number of nitrogen functional groups attached to an aromatic ring is 1. The van der Waals surface area contributed by atoms with Crippen molar-refractivity contribution in [1.82, 2.24) is 4.72 Å². The number of rotatable bonds is 5. The molecule has 3 N–H and O–H groups in total. The van der Waals surface area contributed by atoms with E-state index in [-0.39, 0.29) is 27.6 Å². The minimum Gasteiger partial charge on any atom is -0.398 e. The average molecular weight is 345 g/mol. The summed E-state index contributed by atoms with van der Waals surface area (Å²) in [6.07, 6.45) is 0. The number of halogens is 1. The van der Waals surface area contributed by atoms with Gasteiger partial charge in [0.1, 0.15) is 4.90 Å². The third-order valence-electron chi connectivity index (χ3n) is 3.16. The second kappa shape index (κ2) is 5.96. The lowest BCUT2D eigenvalue weighted by atomic mass is 9.92. The third-order valence-corrected chi connectivity index (χ3v) is 6.34. The molecule has 0 aliphatic rings. The summed E-state index contributed by atoms with van der Waals surface area (Å²) in [7, 11) is -3.75. The smallest absolute Gasteiger partial charge is 0.244 e. The van der Waals surface area contributed by atoms with Gasteiger partial charge >= 0.3 is 0 Å². The van der Waals surface area contributed by atoms with Gasteiger partial charge in [-0.15, -0.1) is 11.3 Å². The van der Waals surface area contributed by atoms with E-state index in [4.69, 9.17) is 17.3 Å². The summed E-state index contributed by atoms with van der Waals surface area (Å²) in [4.78, 5) is 1.05. The van der Waals surface area contributed by atoms with Crippen molar-refractivity contribution in [2.75, 3.05) is 12.3 Å². The Bertz CT molecular complexity index is 705. The van der Waals surface area contributed by atoms with Crippen LogP contribution in [-0.2, 0) is 15.4 Å². The Balaban J connectivity index is 2.23. The summed E-state index contributed by atoms with van der Waals surface area (Å²) < 4.78 is 27.4. The lowest BCUT2D eigenvalue weighted by molar-refractivity contribution is 0.509. The second-order valence-corrected chi connectivity index (χ2v) is 8.40. The molecular formula is C14H17ClN2O2S2. The molecule has 0 bridgehead atoms. The molecule has 0 unspecified atom stereocenters. The highest BCUT2D eigenvalue weighted by molar-refractivity contribution is 7.89. The molecule has 7 heteroatoms. The molecule has 0 amide bonds. The van der Waals surface area contributed by atoms with Crippen LogP contribution in [0.2, 0.25) is 5.02 Å². The van der Waals surface area contributed by atoms with Crippen molar-refractivity contribution in [3.8, 4) is 0 Å². The van der Waals surface area contributed by atoms with E-state index >= 15 is 0 Å². The number of nitrogens with one attached hydrogen (secondary N) is 1. The molecule has 0 fully saturated rings. The summed E-state index contributed by atoms with van der Waals surface area (Å²) in [6.45, 7) is 4.23. The first-order valence-corrected chi connectivity index (χ1v) is 9.06. The molecule has 2 aromatic rings. The van der Waals surface area contributed by atoms with E-state index in [1.54, 1.807) is 17.4 Å². The van der Waals surface area contributed by atoms with Crippen molar-refractivity contribution in [3.63, 3.8) is 0 Å². The second-order valence-electron chi connectivity index (χ2n) is 5.34. The zero-order valence-corrected chi connectivity index (χ0v) is 14.1. The molecule has 114 valence electrons. The molecule has 0 spiro atoms. The normalized spacial score (nSPS) is 12.5. The van der Waals surface area contributed by atoms with Crippen LogP contribution in [0, 0.1) is 0 Å². The molecule has 0 atom stereocenters. The minimum absolute atomic E-state index is 0.0614. The summed E-state index contributed by atoms with van der Waals surface area (Å²) >= 11 is 7.56. The van der Waals surface area contributed by atoms with E-state index in [1.807, 2.05) is 31.4 Å². The maximum Gasteiger partial charge on any atom is 0.244 e. The molecule has 1 heterocycles. The van der Waals surface area contributed by atoms with E-state index in [9.17, 15) is 8.42 Å². The summed E-state index contributed by atoms with van der Waals surface area (Å²) in [5.74, 6) is 0. The fraction of sp³-hybridized carbons (Fsp3) is 0.286. The van der Waals surface area contributed by atoms with Crippen molar-refractivity contribution in [1.29, 1.82) is 0 Å². The lowest BCUT2D eigenvalue weighted by Gasteiger charge is -2.24. The fourth-order valence-corrected chi connectivity index (χ4v) is 4.64. The Labute approximate surface area is 134 Å². The van der Waals surface area contributed by atoms with Crippen LogP contribution in [0.1, 0.15) is 18.7 Å². The molecule has 2 rings (SSSR count). The molecule has 21 heavy (non-hydrogen) atoms. The largest absolute Gasteiger partial charge is 0.398 e. The van der Waals surface area contributed by atoms with E-state index in [0.29, 0.717) is 0 Å². The zero-order chi connectivity index (χ0) is 15.7. The highest BCUT2D eigenvalue weighted by Gasteiger charge is 2.27. The molecule has 0 radical (unpaired) electrons. The van der Waals surface area contributed by atoms with E-state index < -0.39 is 10.0 Å². The fourth-order valence-electron chi connectivity index (χ4n) is 1.91. The number of anilines is 1.